The number of benzene rings is 1. The van der Waals surface area contributed by atoms with Crippen LogP contribution in [0.5, 0.6) is 5.75 Å². The second kappa shape index (κ2) is 9.33. The van der Waals surface area contributed by atoms with Crippen LogP contribution >= 0.6 is 39.5 Å². The molecular weight excluding hydrogens is 496 g/mol. The summed E-state index contributed by atoms with van der Waals surface area (Å²) in [6.45, 7) is 1.81. The zero-order valence-electron chi connectivity index (χ0n) is 17.0. The summed E-state index contributed by atoms with van der Waals surface area (Å²) in [5, 5.41) is 6.93. The molecule has 1 amide bonds. The molecule has 4 rings (SSSR count). The lowest BCUT2D eigenvalue weighted by Crippen LogP contribution is -2.29. The van der Waals surface area contributed by atoms with Crippen LogP contribution in [-0.4, -0.2) is 23.1 Å². The van der Waals surface area contributed by atoms with E-state index in [9.17, 15) is 4.79 Å². The molecule has 1 saturated heterocycles. The van der Waals surface area contributed by atoms with Gasteiger partial charge in [-0.15, -0.1) is 11.3 Å². The molecule has 0 spiro atoms. The van der Waals surface area contributed by atoms with E-state index in [1.165, 1.54) is 0 Å². The largest absolute Gasteiger partial charge is 0.494 e. The monoisotopic (exact) mass is 516 g/mol. The number of carbonyl (C=O) groups excluding carboxylic acids is 1. The highest BCUT2D eigenvalue weighted by atomic mass is 79.9. The van der Waals surface area contributed by atoms with Crippen molar-refractivity contribution in [3.05, 3.63) is 69.1 Å². The van der Waals surface area contributed by atoms with E-state index >= 15 is 0 Å². The molecule has 1 aliphatic heterocycles. The molecule has 160 valence electrons. The highest BCUT2D eigenvalue weighted by Crippen LogP contribution is 2.45. The minimum Gasteiger partial charge on any atom is -0.494 e. The van der Waals surface area contributed by atoms with Gasteiger partial charge in [0.25, 0.3) is 0 Å². The van der Waals surface area contributed by atoms with Gasteiger partial charge in [-0.2, -0.15) is 0 Å². The van der Waals surface area contributed by atoms with E-state index in [0.717, 1.165) is 20.0 Å². The fourth-order valence-electron chi connectivity index (χ4n) is 3.58. The third kappa shape index (κ3) is 4.44. The van der Waals surface area contributed by atoms with E-state index in [2.05, 4.69) is 42.5 Å². The van der Waals surface area contributed by atoms with Crippen LogP contribution in [0.2, 0.25) is 0 Å². The van der Waals surface area contributed by atoms with Gasteiger partial charge in [0.2, 0.25) is 5.91 Å². The fourth-order valence-corrected chi connectivity index (χ4v) is 5.48. The van der Waals surface area contributed by atoms with Crippen LogP contribution < -0.4 is 20.3 Å². The van der Waals surface area contributed by atoms with Gasteiger partial charge in [0, 0.05) is 29.2 Å². The summed E-state index contributed by atoms with van der Waals surface area (Å²) in [5.41, 5.74) is 2.42. The number of nitrogens with zero attached hydrogens (tertiary/aromatic N) is 2. The van der Waals surface area contributed by atoms with Crippen molar-refractivity contribution in [2.24, 2.45) is 0 Å². The molecule has 2 aromatic heterocycles. The van der Waals surface area contributed by atoms with Crippen LogP contribution in [0.1, 0.15) is 36.0 Å². The van der Waals surface area contributed by atoms with Crippen molar-refractivity contribution in [3.8, 4) is 5.75 Å². The Kier molecular flexibility index (Phi) is 6.54. The number of pyridine rings is 1. The maximum Gasteiger partial charge on any atom is 0.224 e. The van der Waals surface area contributed by atoms with Gasteiger partial charge in [-0.05, 0) is 64.5 Å². The first-order valence-corrected chi connectivity index (χ1v) is 11.8. The van der Waals surface area contributed by atoms with Crippen LogP contribution in [0, 0.1) is 0 Å². The summed E-state index contributed by atoms with van der Waals surface area (Å²) in [6.07, 6.45) is 2.18. The molecule has 0 aliphatic carbocycles. The number of ether oxygens (including phenoxy) is 1. The third-order valence-corrected chi connectivity index (χ3v) is 7.05. The standard InChI is InChI=1S/C22H21BrN4O2S2/c1-3-19(28)25-14-8-7-13(12-16(14)29-2)27-21(17-9-10-18(23)31-17)20(26-22(27)30)15-6-4-5-11-24-15/h4-12,20-21H,3H2,1-2H3,(H,25,28)(H,26,30)/t20-,21+/m0/s1. The van der Waals surface area contributed by atoms with E-state index in [0.29, 0.717) is 23.0 Å². The molecule has 1 fully saturated rings. The molecule has 0 bridgehead atoms. The van der Waals surface area contributed by atoms with Gasteiger partial charge in [0.1, 0.15) is 5.75 Å². The van der Waals surface area contributed by atoms with Gasteiger partial charge in [0.05, 0.1) is 34.4 Å². The van der Waals surface area contributed by atoms with Crippen LogP contribution in [0.25, 0.3) is 0 Å². The lowest BCUT2D eigenvalue weighted by molar-refractivity contribution is -0.115. The zero-order valence-corrected chi connectivity index (χ0v) is 20.2. The number of thiophene rings is 1. The SMILES string of the molecule is CCC(=O)Nc1ccc(N2C(=S)N[C@@H](c3ccccn3)[C@H]2c2ccc(Br)s2)cc1OC. The number of rotatable bonds is 6. The molecular formula is C22H21BrN4O2S2. The summed E-state index contributed by atoms with van der Waals surface area (Å²) >= 11 is 11.0. The van der Waals surface area contributed by atoms with Gasteiger partial charge in [-0.25, -0.2) is 0 Å². The van der Waals surface area contributed by atoms with Crippen LogP contribution in [0.15, 0.2) is 58.5 Å². The predicted molar refractivity (Wildman–Crippen MR) is 132 cm³/mol. The van der Waals surface area contributed by atoms with E-state index in [1.807, 2.05) is 49.4 Å². The Morgan fingerprint density at radius 3 is 2.81 bits per heavy atom. The van der Waals surface area contributed by atoms with Crippen molar-refractivity contribution in [2.45, 2.75) is 25.4 Å². The molecule has 3 aromatic rings. The van der Waals surface area contributed by atoms with E-state index in [1.54, 1.807) is 24.6 Å². The highest BCUT2D eigenvalue weighted by Gasteiger charge is 2.41. The maximum absolute atomic E-state index is 11.9. The molecule has 0 saturated carbocycles. The van der Waals surface area contributed by atoms with E-state index in [4.69, 9.17) is 17.0 Å². The van der Waals surface area contributed by atoms with Crippen molar-refractivity contribution in [2.75, 3.05) is 17.3 Å². The maximum atomic E-state index is 11.9. The van der Waals surface area contributed by atoms with Crippen molar-refractivity contribution >= 4 is 61.9 Å². The average molecular weight is 517 g/mol. The Balaban J connectivity index is 1.76. The Bertz CT molecular complexity index is 1110. The molecule has 9 heteroatoms. The van der Waals surface area contributed by atoms with Gasteiger partial charge in [0.15, 0.2) is 5.11 Å². The number of methoxy groups -OCH3 is 1. The molecule has 31 heavy (non-hydrogen) atoms. The van der Waals surface area contributed by atoms with Gasteiger partial charge >= 0.3 is 0 Å². The number of carbonyl (C=O) groups is 1. The van der Waals surface area contributed by atoms with Gasteiger partial charge in [-0.3, -0.25) is 9.78 Å². The number of hydrogen-bond donors (Lipinski definition) is 2. The van der Waals surface area contributed by atoms with Crippen LogP contribution in [0.3, 0.4) is 0 Å². The molecule has 2 atom stereocenters. The summed E-state index contributed by atoms with van der Waals surface area (Å²) < 4.78 is 6.61. The number of thiocarbonyl (C=S) groups is 1. The summed E-state index contributed by atoms with van der Waals surface area (Å²) in [6, 6.07) is 15.5. The molecule has 3 heterocycles. The zero-order chi connectivity index (χ0) is 22.0. The van der Waals surface area contributed by atoms with Crippen molar-refractivity contribution in [3.63, 3.8) is 0 Å². The molecule has 1 aliphatic rings. The van der Waals surface area contributed by atoms with E-state index in [-0.39, 0.29) is 18.0 Å². The fraction of sp³-hybridized carbons (Fsp3) is 0.227. The second-order valence-electron chi connectivity index (χ2n) is 6.92. The van der Waals surface area contributed by atoms with Crippen LogP contribution in [0.4, 0.5) is 11.4 Å². The number of hydrogen-bond acceptors (Lipinski definition) is 5. The molecule has 6 nitrogen and oxygen atoms in total. The molecule has 0 unspecified atom stereocenters. The summed E-state index contributed by atoms with van der Waals surface area (Å²) in [4.78, 5) is 19.7. The lowest BCUT2D eigenvalue weighted by atomic mass is 10.0. The number of halogens is 1. The number of anilines is 2. The third-order valence-electron chi connectivity index (χ3n) is 5.04. The van der Waals surface area contributed by atoms with Gasteiger partial charge in [-0.1, -0.05) is 13.0 Å². The Morgan fingerprint density at radius 2 is 2.16 bits per heavy atom. The van der Waals surface area contributed by atoms with Crippen LogP contribution in [-0.2, 0) is 4.79 Å². The normalized spacial score (nSPS) is 18.0. The average Bonchev–Trinajstić information content (AvgIpc) is 3.37. The second-order valence-corrected chi connectivity index (χ2v) is 9.81. The Morgan fingerprint density at radius 1 is 1.32 bits per heavy atom. The highest BCUT2D eigenvalue weighted by molar-refractivity contribution is 9.11. The minimum absolute atomic E-state index is 0.0686. The Hall–Kier alpha value is -2.49. The number of amides is 1. The van der Waals surface area contributed by atoms with Crippen molar-refractivity contribution in [1.82, 2.24) is 10.3 Å². The first-order valence-electron chi connectivity index (χ1n) is 9.75. The first kappa shape index (κ1) is 21.7. The molecule has 1 aromatic carbocycles. The minimum atomic E-state index is -0.107. The smallest absolute Gasteiger partial charge is 0.224 e. The summed E-state index contributed by atoms with van der Waals surface area (Å²) in [5.74, 6) is 0.510. The Labute approximate surface area is 198 Å². The van der Waals surface area contributed by atoms with Gasteiger partial charge < -0.3 is 20.3 Å². The topological polar surface area (TPSA) is 66.5 Å². The summed E-state index contributed by atoms with van der Waals surface area (Å²) in [7, 11) is 1.59. The quantitative estimate of drug-likeness (QED) is 0.425. The lowest BCUT2D eigenvalue weighted by Gasteiger charge is -2.27. The first-order chi connectivity index (χ1) is 15.0. The predicted octanol–water partition coefficient (Wildman–Crippen LogP) is 5.44. The number of nitrogens with one attached hydrogen (secondary N) is 2. The molecule has 0 radical (unpaired) electrons. The number of aromatic nitrogens is 1. The van der Waals surface area contributed by atoms with Crippen molar-refractivity contribution < 1.29 is 9.53 Å². The van der Waals surface area contributed by atoms with Crippen molar-refractivity contribution in [1.29, 1.82) is 0 Å². The molecule has 2 N–H and O–H groups in total. The van der Waals surface area contributed by atoms with E-state index < -0.39 is 0 Å².